The SMILES string of the molecule is CCCCCCCCCC(CCCOCC)NN. The van der Waals surface area contributed by atoms with Crippen molar-refractivity contribution in [2.45, 2.75) is 84.1 Å². The van der Waals surface area contributed by atoms with E-state index in [1.165, 1.54) is 51.4 Å². The summed E-state index contributed by atoms with van der Waals surface area (Å²) in [7, 11) is 0. The van der Waals surface area contributed by atoms with Crippen molar-refractivity contribution in [2.24, 2.45) is 5.84 Å². The number of ether oxygens (including phenoxy) is 1. The maximum absolute atomic E-state index is 5.58. The summed E-state index contributed by atoms with van der Waals surface area (Å²) in [6.07, 6.45) is 13.0. The van der Waals surface area contributed by atoms with Crippen molar-refractivity contribution in [1.29, 1.82) is 0 Å². The fourth-order valence-corrected chi connectivity index (χ4v) is 2.23. The fourth-order valence-electron chi connectivity index (χ4n) is 2.23. The molecule has 0 spiro atoms. The molecule has 0 saturated carbocycles. The molecule has 0 aromatic rings. The van der Waals surface area contributed by atoms with Crippen molar-refractivity contribution >= 4 is 0 Å². The molecule has 0 radical (unpaired) electrons. The lowest BCUT2D eigenvalue weighted by Gasteiger charge is -2.15. The zero-order valence-corrected chi connectivity index (χ0v) is 12.5. The Labute approximate surface area is 114 Å². The molecule has 0 heterocycles. The van der Waals surface area contributed by atoms with Gasteiger partial charge >= 0.3 is 0 Å². The first kappa shape index (κ1) is 17.9. The molecule has 18 heavy (non-hydrogen) atoms. The Morgan fingerprint density at radius 1 is 0.889 bits per heavy atom. The van der Waals surface area contributed by atoms with Crippen LogP contribution in [0.3, 0.4) is 0 Å². The van der Waals surface area contributed by atoms with Gasteiger partial charge in [0.15, 0.2) is 0 Å². The van der Waals surface area contributed by atoms with Gasteiger partial charge in [0.1, 0.15) is 0 Å². The summed E-state index contributed by atoms with van der Waals surface area (Å²) in [4.78, 5) is 0. The van der Waals surface area contributed by atoms with Crippen molar-refractivity contribution in [3.05, 3.63) is 0 Å². The first-order valence-electron chi connectivity index (χ1n) is 7.89. The highest BCUT2D eigenvalue weighted by atomic mass is 16.5. The molecule has 0 bridgehead atoms. The number of hydrogen-bond acceptors (Lipinski definition) is 3. The minimum absolute atomic E-state index is 0.473. The van der Waals surface area contributed by atoms with Crippen LogP contribution in [0.2, 0.25) is 0 Å². The van der Waals surface area contributed by atoms with Gasteiger partial charge in [-0.1, -0.05) is 51.9 Å². The summed E-state index contributed by atoms with van der Waals surface area (Å²) in [6, 6.07) is 0.473. The topological polar surface area (TPSA) is 47.3 Å². The predicted octanol–water partition coefficient (Wildman–Crippen LogP) is 3.78. The molecule has 0 saturated heterocycles. The van der Waals surface area contributed by atoms with Crippen LogP contribution in [0.25, 0.3) is 0 Å². The Morgan fingerprint density at radius 2 is 1.50 bits per heavy atom. The molecule has 0 rings (SSSR count). The van der Waals surface area contributed by atoms with Crippen LogP contribution in [-0.4, -0.2) is 19.3 Å². The summed E-state index contributed by atoms with van der Waals surface area (Å²) in [5.41, 5.74) is 2.93. The molecule has 0 aliphatic heterocycles. The van der Waals surface area contributed by atoms with Crippen molar-refractivity contribution in [3.8, 4) is 0 Å². The van der Waals surface area contributed by atoms with Crippen LogP contribution in [0.4, 0.5) is 0 Å². The third kappa shape index (κ3) is 12.3. The standard InChI is InChI=1S/C15H34N2O/c1-3-5-6-7-8-9-10-12-15(17-16)13-11-14-18-4-2/h15,17H,3-14,16H2,1-2H3. The van der Waals surface area contributed by atoms with Crippen molar-refractivity contribution in [3.63, 3.8) is 0 Å². The van der Waals surface area contributed by atoms with Gasteiger partial charge in [-0.2, -0.15) is 0 Å². The number of hydrazine groups is 1. The number of hydrogen-bond donors (Lipinski definition) is 2. The molecule has 110 valence electrons. The van der Waals surface area contributed by atoms with Crippen LogP contribution in [-0.2, 0) is 4.74 Å². The maximum Gasteiger partial charge on any atom is 0.0466 e. The van der Waals surface area contributed by atoms with Gasteiger partial charge in [-0.05, 0) is 26.2 Å². The fraction of sp³-hybridized carbons (Fsp3) is 1.00. The number of nitrogens with two attached hydrogens (primary N) is 1. The molecule has 1 atom stereocenters. The van der Waals surface area contributed by atoms with Gasteiger partial charge in [0.2, 0.25) is 0 Å². The third-order valence-electron chi connectivity index (χ3n) is 3.44. The van der Waals surface area contributed by atoms with E-state index in [0.29, 0.717) is 6.04 Å². The molecular weight excluding hydrogens is 224 g/mol. The second-order valence-electron chi connectivity index (χ2n) is 5.11. The molecule has 0 aliphatic rings. The first-order valence-corrected chi connectivity index (χ1v) is 7.89. The lowest BCUT2D eigenvalue weighted by Crippen LogP contribution is -2.35. The zero-order valence-electron chi connectivity index (χ0n) is 12.5. The Hall–Kier alpha value is -0.120. The minimum Gasteiger partial charge on any atom is -0.382 e. The van der Waals surface area contributed by atoms with Gasteiger partial charge < -0.3 is 4.74 Å². The summed E-state index contributed by atoms with van der Waals surface area (Å²) in [6.45, 7) is 5.99. The summed E-state index contributed by atoms with van der Waals surface area (Å²) in [5, 5.41) is 0. The predicted molar refractivity (Wildman–Crippen MR) is 79.4 cm³/mol. The van der Waals surface area contributed by atoms with Crippen molar-refractivity contribution < 1.29 is 4.74 Å². The molecule has 0 aromatic heterocycles. The lowest BCUT2D eigenvalue weighted by molar-refractivity contribution is 0.140. The third-order valence-corrected chi connectivity index (χ3v) is 3.44. The lowest BCUT2D eigenvalue weighted by atomic mass is 10.0. The zero-order chi connectivity index (χ0) is 13.5. The molecule has 0 aromatic carbocycles. The number of rotatable bonds is 14. The van der Waals surface area contributed by atoms with E-state index in [2.05, 4.69) is 12.3 Å². The van der Waals surface area contributed by atoms with Gasteiger partial charge in [0.25, 0.3) is 0 Å². The van der Waals surface area contributed by atoms with Crippen molar-refractivity contribution in [1.82, 2.24) is 5.43 Å². The van der Waals surface area contributed by atoms with E-state index in [4.69, 9.17) is 10.6 Å². The van der Waals surface area contributed by atoms with Crippen LogP contribution in [0.15, 0.2) is 0 Å². The van der Waals surface area contributed by atoms with E-state index >= 15 is 0 Å². The van der Waals surface area contributed by atoms with Crippen molar-refractivity contribution in [2.75, 3.05) is 13.2 Å². The van der Waals surface area contributed by atoms with Gasteiger partial charge in [0, 0.05) is 19.3 Å². The Balaban J connectivity index is 3.27. The number of unbranched alkanes of at least 4 members (excludes halogenated alkanes) is 6. The monoisotopic (exact) mass is 258 g/mol. The average molecular weight is 258 g/mol. The molecule has 3 heteroatoms. The van der Waals surface area contributed by atoms with Crippen LogP contribution < -0.4 is 11.3 Å². The second-order valence-corrected chi connectivity index (χ2v) is 5.11. The van der Waals surface area contributed by atoms with Crippen LogP contribution >= 0.6 is 0 Å². The Bertz CT molecular complexity index is 153. The molecule has 1 unspecified atom stereocenters. The molecular formula is C15H34N2O. The van der Waals surface area contributed by atoms with Crippen LogP contribution in [0, 0.1) is 0 Å². The van der Waals surface area contributed by atoms with Gasteiger partial charge in [-0.25, -0.2) is 0 Å². The molecule has 0 amide bonds. The normalized spacial score (nSPS) is 12.8. The summed E-state index contributed by atoms with van der Waals surface area (Å²) in [5.74, 6) is 5.58. The van der Waals surface area contributed by atoms with E-state index in [1.54, 1.807) is 0 Å². The summed E-state index contributed by atoms with van der Waals surface area (Å²) < 4.78 is 5.34. The van der Waals surface area contributed by atoms with E-state index in [1.807, 2.05) is 6.92 Å². The highest BCUT2D eigenvalue weighted by molar-refractivity contribution is 4.63. The smallest absolute Gasteiger partial charge is 0.0466 e. The highest BCUT2D eigenvalue weighted by Crippen LogP contribution is 2.11. The maximum atomic E-state index is 5.58. The van der Waals surface area contributed by atoms with E-state index in [9.17, 15) is 0 Å². The van der Waals surface area contributed by atoms with Crippen LogP contribution in [0.5, 0.6) is 0 Å². The van der Waals surface area contributed by atoms with Gasteiger partial charge in [-0.15, -0.1) is 0 Å². The Morgan fingerprint density at radius 3 is 2.11 bits per heavy atom. The molecule has 3 nitrogen and oxygen atoms in total. The van der Waals surface area contributed by atoms with Gasteiger partial charge in [-0.3, -0.25) is 11.3 Å². The molecule has 0 aliphatic carbocycles. The highest BCUT2D eigenvalue weighted by Gasteiger charge is 2.05. The van der Waals surface area contributed by atoms with E-state index in [0.717, 1.165) is 26.1 Å². The Kier molecular flexibility index (Phi) is 14.8. The largest absolute Gasteiger partial charge is 0.382 e. The summed E-state index contributed by atoms with van der Waals surface area (Å²) >= 11 is 0. The number of nitrogens with one attached hydrogen (secondary N) is 1. The first-order chi connectivity index (χ1) is 8.85. The van der Waals surface area contributed by atoms with Gasteiger partial charge in [0.05, 0.1) is 0 Å². The second kappa shape index (κ2) is 14.9. The quantitative estimate of drug-likeness (QED) is 0.283. The van der Waals surface area contributed by atoms with E-state index < -0.39 is 0 Å². The van der Waals surface area contributed by atoms with E-state index in [-0.39, 0.29) is 0 Å². The molecule has 0 fully saturated rings. The van der Waals surface area contributed by atoms with Crippen LogP contribution in [0.1, 0.15) is 78.1 Å². The average Bonchev–Trinajstić information content (AvgIpc) is 2.40. The minimum atomic E-state index is 0.473. The molecule has 3 N–H and O–H groups in total.